The molecule has 1 aromatic rings. The molecular weight excluding hydrogens is 318 g/mol. The van der Waals surface area contributed by atoms with E-state index >= 15 is 0 Å². The number of aliphatic carboxylic acids is 1. The Morgan fingerprint density at radius 3 is 2.52 bits per heavy atom. The van der Waals surface area contributed by atoms with E-state index in [0.29, 0.717) is 19.4 Å². The fourth-order valence-electron chi connectivity index (χ4n) is 2.69. The first-order chi connectivity index (χ1) is 10.9. The fraction of sp³-hybridized carbons (Fsp3) is 0.533. The second-order valence-electron chi connectivity index (χ2n) is 5.71. The van der Waals surface area contributed by atoms with Crippen LogP contribution < -0.4 is 9.44 Å². The van der Waals surface area contributed by atoms with Gasteiger partial charge in [-0.15, -0.1) is 0 Å². The largest absolute Gasteiger partial charge is 0.480 e. The first kappa shape index (κ1) is 17.9. The lowest BCUT2D eigenvalue weighted by atomic mass is 9.86. The Bertz CT molecular complexity index is 615. The van der Waals surface area contributed by atoms with Crippen molar-refractivity contribution in [3.63, 3.8) is 0 Å². The van der Waals surface area contributed by atoms with Crippen molar-refractivity contribution in [2.75, 3.05) is 13.1 Å². The molecule has 0 atom stereocenters. The third-order valence-electron chi connectivity index (χ3n) is 4.01. The standard InChI is InChI=1S/C15H23N3O4S/c1-2-18(11-15(19)20)14-8-13(9-14)17-23(21,22)16-10-12-6-4-3-5-7-12/h3-7,13-14,16-17H,2,8-11H2,1H3,(H,19,20). The second-order valence-corrected chi connectivity index (χ2v) is 7.24. The summed E-state index contributed by atoms with van der Waals surface area (Å²) in [5.41, 5.74) is 0.892. The maximum Gasteiger partial charge on any atom is 0.317 e. The van der Waals surface area contributed by atoms with Gasteiger partial charge in [-0.2, -0.15) is 17.9 Å². The van der Waals surface area contributed by atoms with Crippen LogP contribution in [-0.4, -0.2) is 49.6 Å². The van der Waals surface area contributed by atoms with Crippen molar-refractivity contribution in [3.8, 4) is 0 Å². The lowest BCUT2D eigenvalue weighted by Crippen LogP contribution is -2.56. The zero-order valence-corrected chi connectivity index (χ0v) is 13.9. The summed E-state index contributed by atoms with van der Waals surface area (Å²) in [6.45, 7) is 2.78. The van der Waals surface area contributed by atoms with Crippen LogP contribution in [0.15, 0.2) is 30.3 Å². The summed E-state index contributed by atoms with van der Waals surface area (Å²) in [5, 5.41) is 8.85. The van der Waals surface area contributed by atoms with Gasteiger partial charge in [0.1, 0.15) is 0 Å². The van der Waals surface area contributed by atoms with E-state index in [1.54, 1.807) is 0 Å². The number of carbonyl (C=O) groups is 1. The molecule has 0 spiro atoms. The lowest BCUT2D eigenvalue weighted by Gasteiger charge is -2.41. The van der Waals surface area contributed by atoms with Crippen molar-refractivity contribution in [1.29, 1.82) is 0 Å². The minimum absolute atomic E-state index is 0.00705. The Morgan fingerprint density at radius 2 is 1.96 bits per heavy atom. The number of nitrogens with zero attached hydrogens (tertiary/aromatic N) is 1. The Hall–Kier alpha value is -1.48. The number of carboxylic acid groups (broad SMARTS) is 1. The molecule has 0 amide bonds. The summed E-state index contributed by atoms with van der Waals surface area (Å²) in [6, 6.07) is 9.28. The maximum absolute atomic E-state index is 12.0. The predicted molar refractivity (Wildman–Crippen MR) is 87.0 cm³/mol. The number of likely N-dealkylation sites (N-methyl/N-ethyl adjacent to an activating group) is 1. The van der Waals surface area contributed by atoms with Gasteiger partial charge in [0.25, 0.3) is 10.2 Å². The molecule has 1 fully saturated rings. The number of nitrogens with one attached hydrogen (secondary N) is 2. The van der Waals surface area contributed by atoms with Crippen LogP contribution in [0, 0.1) is 0 Å². The summed E-state index contributed by atoms with van der Waals surface area (Å²) in [5.74, 6) is -0.861. The summed E-state index contributed by atoms with van der Waals surface area (Å²) >= 11 is 0. The van der Waals surface area contributed by atoms with Gasteiger partial charge in [0, 0.05) is 18.6 Å². The molecule has 23 heavy (non-hydrogen) atoms. The number of hydrogen-bond donors (Lipinski definition) is 3. The van der Waals surface area contributed by atoms with E-state index in [4.69, 9.17) is 5.11 Å². The van der Waals surface area contributed by atoms with Crippen LogP contribution in [0.5, 0.6) is 0 Å². The molecule has 128 valence electrons. The van der Waals surface area contributed by atoms with Gasteiger partial charge in [0.15, 0.2) is 0 Å². The van der Waals surface area contributed by atoms with Gasteiger partial charge in [-0.05, 0) is 24.9 Å². The third kappa shape index (κ3) is 5.58. The molecular formula is C15H23N3O4S. The Morgan fingerprint density at radius 1 is 1.30 bits per heavy atom. The van der Waals surface area contributed by atoms with Gasteiger partial charge in [0.05, 0.1) is 6.54 Å². The van der Waals surface area contributed by atoms with Crippen molar-refractivity contribution < 1.29 is 18.3 Å². The Labute approximate surface area is 136 Å². The number of benzene rings is 1. The van der Waals surface area contributed by atoms with Gasteiger partial charge in [-0.3, -0.25) is 9.69 Å². The van der Waals surface area contributed by atoms with Gasteiger partial charge < -0.3 is 5.11 Å². The van der Waals surface area contributed by atoms with E-state index in [1.807, 2.05) is 42.2 Å². The molecule has 0 radical (unpaired) electrons. The molecule has 0 unspecified atom stereocenters. The highest BCUT2D eigenvalue weighted by Crippen LogP contribution is 2.25. The molecule has 1 aromatic carbocycles. The highest BCUT2D eigenvalue weighted by molar-refractivity contribution is 7.87. The van der Waals surface area contributed by atoms with Crippen LogP contribution in [0.25, 0.3) is 0 Å². The highest BCUT2D eigenvalue weighted by atomic mass is 32.2. The first-order valence-corrected chi connectivity index (χ1v) is 9.14. The van der Waals surface area contributed by atoms with Crippen molar-refractivity contribution in [2.24, 2.45) is 0 Å². The third-order valence-corrected chi connectivity index (χ3v) is 5.17. The fourth-order valence-corrected chi connectivity index (χ4v) is 3.76. The number of carboxylic acids is 1. The first-order valence-electron chi connectivity index (χ1n) is 7.66. The van der Waals surface area contributed by atoms with Crippen LogP contribution in [0.4, 0.5) is 0 Å². The van der Waals surface area contributed by atoms with Gasteiger partial charge in [-0.1, -0.05) is 37.3 Å². The predicted octanol–water partition coefficient (Wildman–Crippen LogP) is 0.548. The van der Waals surface area contributed by atoms with Crippen molar-refractivity contribution in [1.82, 2.24) is 14.3 Å². The van der Waals surface area contributed by atoms with Crippen LogP contribution in [0.3, 0.4) is 0 Å². The van der Waals surface area contributed by atoms with Gasteiger partial charge in [-0.25, -0.2) is 0 Å². The normalized spacial score (nSPS) is 21.1. The van der Waals surface area contributed by atoms with Crippen molar-refractivity contribution in [2.45, 2.75) is 38.4 Å². The molecule has 0 saturated heterocycles. The molecule has 0 aliphatic heterocycles. The quantitative estimate of drug-likeness (QED) is 0.609. The van der Waals surface area contributed by atoms with Gasteiger partial charge in [0.2, 0.25) is 0 Å². The lowest BCUT2D eigenvalue weighted by molar-refractivity contribution is -0.139. The van der Waals surface area contributed by atoms with Crippen LogP contribution in [0.1, 0.15) is 25.3 Å². The summed E-state index contributed by atoms with van der Waals surface area (Å²) in [7, 11) is -3.55. The Kier molecular flexibility index (Phi) is 6.11. The van der Waals surface area contributed by atoms with Gasteiger partial charge >= 0.3 is 5.97 Å². The monoisotopic (exact) mass is 341 g/mol. The molecule has 1 aliphatic carbocycles. The molecule has 1 aliphatic rings. The van der Waals surface area contributed by atoms with E-state index < -0.39 is 16.2 Å². The summed E-state index contributed by atoms with van der Waals surface area (Å²) < 4.78 is 29.1. The van der Waals surface area contributed by atoms with E-state index in [0.717, 1.165) is 5.56 Å². The van der Waals surface area contributed by atoms with E-state index in [9.17, 15) is 13.2 Å². The molecule has 2 rings (SSSR count). The minimum Gasteiger partial charge on any atom is -0.480 e. The average Bonchev–Trinajstić information content (AvgIpc) is 2.47. The molecule has 0 aromatic heterocycles. The zero-order chi connectivity index (χ0) is 16.9. The van der Waals surface area contributed by atoms with Crippen LogP contribution in [-0.2, 0) is 21.5 Å². The van der Waals surface area contributed by atoms with Crippen LogP contribution >= 0.6 is 0 Å². The SMILES string of the molecule is CCN(CC(=O)O)C1CC(NS(=O)(=O)NCc2ccccc2)C1. The van der Waals surface area contributed by atoms with Crippen LogP contribution in [0.2, 0.25) is 0 Å². The average molecular weight is 341 g/mol. The maximum atomic E-state index is 12.0. The van der Waals surface area contributed by atoms with Crippen molar-refractivity contribution in [3.05, 3.63) is 35.9 Å². The van der Waals surface area contributed by atoms with E-state index in [1.165, 1.54) is 0 Å². The van der Waals surface area contributed by atoms with Crippen molar-refractivity contribution >= 4 is 16.2 Å². The summed E-state index contributed by atoms with van der Waals surface area (Å²) in [4.78, 5) is 12.6. The smallest absolute Gasteiger partial charge is 0.317 e. The molecule has 1 saturated carbocycles. The molecule has 8 heteroatoms. The zero-order valence-electron chi connectivity index (χ0n) is 13.1. The summed E-state index contributed by atoms with van der Waals surface area (Å²) in [6.07, 6.45) is 1.26. The van der Waals surface area contributed by atoms with E-state index in [-0.39, 0.29) is 25.2 Å². The molecule has 3 N–H and O–H groups in total. The second kappa shape index (κ2) is 7.87. The van der Waals surface area contributed by atoms with E-state index in [2.05, 4.69) is 9.44 Å². The molecule has 7 nitrogen and oxygen atoms in total. The molecule has 0 heterocycles. The Balaban J connectivity index is 1.76. The molecule has 0 bridgehead atoms. The highest BCUT2D eigenvalue weighted by Gasteiger charge is 2.35. The minimum atomic E-state index is -3.55. The number of rotatable bonds is 9. The number of hydrogen-bond acceptors (Lipinski definition) is 4. The topological polar surface area (TPSA) is 98.7 Å².